The van der Waals surface area contributed by atoms with Gasteiger partial charge in [0.25, 0.3) is 0 Å². The van der Waals surface area contributed by atoms with Crippen LogP contribution in [0.25, 0.3) is 0 Å². The first-order chi connectivity index (χ1) is 10.6. The Hall–Kier alpha value is -1.72. The Balaban J connectivity index is 2.20. The molecule has 2 aromatic rings. The molecule has 23 heavy (non-hydrogen) atoms. The Bertz CT molecular complexity index is 760. The van der Waals surface area contributed by atoms with Crippen LogP contribution in [-0.4, -0.2) is 8.42 Å². The monoisotopic (exact) mass is 335 g/mol. The minimum absolute atomic E-state index is 0.0306. The van der Waals surface area contributed by atoms with Gasteiger partial charge in [-0.15, -0.1) is 0 Å². The number of rotatable bonds is 4. The number of hydrogen-bond acceptors (Lipinski definition) is 2. The lowest BCUT2D eigenvalue weighted by Crippen LogP contribution is -2.27. The average molecular weight is 335 g/mol. The van der Waals surface area contributed by atoms with Crippen molar-refractivity contribution in [3.8, 4) is 0 Å². The van der Waals surface area contributed by atoms with E-state index in [0.717, 1.165) is 5.56 Å². The molecule has 3 nitrogen and oxygen atoms in total. The first-order valence-electron chi connectivity index (χ1n) is 7.48. The third-order valence-electron chi connectivity index (χ3n) is 3.73. The Morgan fingerprint density at radius 3 is 1.96 bits per heavy atom. The quantitative estimate of drug-likeness (QED) is 0.912. The maximum atomic E-state index is 12.9. The molecule has 2 rings (SSSR count). The van der Waals surface area contributed by atoms with Crippen molar-refractivity contribution in [2.45, 2.75) is 44.0 Å². The number of hydrogen-bond donors (Lipinski definition) is 1. The third kappa shape index (κ3) is 4.39. The van der Waals surface area contributed by atoms with E-state index >= 15 is 0 Å². The summed E-state index contributed by atoms with van der Waals surface area (Å²) in [6.07, 6.45) is 0. The van der Waals surface area contributed by atoms with Crippen LogP contribution in [0.4, 0.5) is 4.39 Å². The molecule has 0 amide bonds. The molecule has 124 valence electrons. The molecule has 0 saturated heterocycles. The average Bonchev–Trinajstić information content (AvgIpc) is 2.46. The zero-order chi connectivity index (χ0) is 17.3. The summed E-state index contributed by atoms with van der Waals surface area (Å²) in [5, 5.41) is 0. The van der Waals surface area contributed by atoms with E-state index in [9.17, 15) is 12.8 Å². The minimum atomic E-state index is -3.62. The van der Waals surface area contributed by atoms with Crippen molar-refractivity contribution in [2.75, 3.05) is 0 Å². The normalized spacial score (nSPS) is 13.8. The topological polar surface area (TPSA) is 46.2 Å². The summed E-state index contributed by atoms with van der Waals surface area (Å²) in [5.74, 6) is -0.346. The second kappa shape index (κ2) is 6.42. The molecule has 5 heteroatoms. The van der Waals surface area contributed by atoms with Crippen LogP contribution >= 0.6 is 0 Å². The molecule has 0 fully saturated rings. The first kappa shape index (κ1) is 17.6. The van der Waals surface area contributed by atoms with Gasteiger partial charge < -0.3 is 0 Å². The lowest BCUT2D eigenvalue weighted by molar-refractivity contribution is 0.565. The van der Waals surface area contributed by atoms with Gasteiger partial charge in [0, 0.05) is 6.04 Å². The molecule has 0 aliphatic carbocycles. The molecule has 1 atom stereocenters. The van der Waals surface area contributed by atoms with Gasteiger partial charge in [0.1, 0.15) is 5.82 Å². The zero-order valence-corrected chi connectivity index (χ0v) is 14.6. The Morgan fingerprint density at radius 2 is 1.48 bits per heavy atom. The van der Waals surface area contributed by atoms with E-state index in [1.165, 1.54) is 12.1 Å². The maximum absolute atomic E-state index is 12.9. The van der Waals surface area contributed by atoms with Crippen molar-refractivity contribution in [1.29, 1.82) is 0 Å². The van der Waals surface area contributed by atoms with E-state index in [1.54, 1.807) is 31.2 Å². The summed E-state index contributed by atoms with van der Waals surface area (Å²) in [5.41, 5.74) is 1.75. The van der Waals surface area contributed by atoms with E-state index in [4.69, 9.17) is 0 Å². The highest BCUT2D eigenvalue weighted by Crippen LogP contribution is 2.24. The minimum Gasteiger partial charge on any atom is -0.207 e. The number of nitrogens with one attached hydrogen (secondary N) is 1. The van der Waals surface area contributed by atoms with Crippen molar-refractivity contribution < 1.29 is 12.8 Å². The predicted molar refractivity (Wildman–Crippen MR) is 90.3 cm³/mol. The first-order valence-corrected chi connectivity index (χ1v) is 8.96. The molecular weight excluding hydrogens is 313 g/mol. The largest absolute Gasteiger partial charge is 0.241 e. The lowest BCUT2D eigenvalue weighted by Gasteiger charge is -2.20. The van der Waals surface area contributed by atoms with Crippen molar-refractivity contribution >= 4 is 10.0 Å². The summed E-state index contributed by atoms with van der Waals surface area (Å²) in [4.78, 5) is 0.222. The zero-order valence-electron chi connectivity index (χ0n) is 13.8. The van der Waals surface area contributed by atoms with Gasteiger partial charge in [-0.2, -0.15) is 0 Å². The van der Waals surface area contributed by atoms with Gasteiger partial charge >= 0.3 is 0 Å². The van der Waals surface area contributed by atoms with E-state index in [2.05, 4.69) is 25.5 Å². The van der Waals surface area contributed by atoms with Crippen molar-refractivity contribution in [3.05, 3.63) is 65.5 Å². The molecule has 0 unspecified atom stereocenters. The van der Waals surface area contributed by atoms with E-state index in [-0.39, 0.29) is 16.1 Å². The molecular formula is C18H22FNO2S. The van der Waals surface area contributed by atoms with Gasteiger partial charge in [-0.25, -0.2) is 17.5 Å². The fourth-order valence-electron chi connectivity index (χ4n) is 2.25. The Kier molecular flexibility index (Phi) is 4.92. The van der Waals surface area contributed by atoms with E-state index < -0.39 is 16.1 Å². The van der Waals surface area contributed by atoms with Crippen LogP contribution < -0.4 is 4.72 Å². The third-order valence-corrected chi connectivity index (χ3v) is 5.29. The highest BCUT2D eigenvalue weighted by Gasteiger charge is 2.20. The molecule has 0 radical (unpaired) electrons. The Labute approximate surface area is 137 Å². The number of benzene rings is 2. The van der Waals surface area contributed by atoms with Gasteiger partial charge in [0.15, 0.2) is 0 Å². The molecule has 0 spiro atoms. The second-order valence-corrected chi connectivity index (χ2v) is 8.38. The molecule has 0 heterocycles. The molecule has 1 N–H and O–H groups in total. The fraction of sp³-hybridized carbons (Fsp3) is 0.333. The smallest absolute Gasteiger partial charge is 0.207 e. The molecule has 0 saturated carbocycles. The number of sulfonamides is 1. The van der Waals surface area contributed by atoms with Crippen LogP contribution in [0.3, 0.4) is 0 Å². The summed E-state index contributed by atoms with van der Waals surface area (Å²) < 4.78 is 40.5. The summed E-state index contributed by atoms with van der Waals surface area (Å²) in [6.45, 7) is 7.95. The summed E-state index contributed by atoms with van der Waals surface area (Å²) in [6, 6.07) is 12.2. The van der Waals surface area contributed by atoms with Gasteiger partial charge in [-0.3, -0.25) is 0 Å². The maximum Gasteiger partial charge on any atom is 0.241 e. The fourth-order valence-corrected chi connectivity index (χ4v) is 3.49. The highest BCUT2D eigenvalue weighted by atomic mass is 32.2. The molecule has 0 aliphatic heterocycles. The van der Waals surface area contributed by atoms with Gasteiger partial charge in [0.05, 0.1) is 4.90 Å². The van der Waals surface area contributed by atoms with Crippen molar-refractivity contribution in [3.63, 3.8) is 0 Å². The van der Waals surface area contributed by atoms with Crippen LogP contribution in [0.2, 0.25) is 0 Å². The van der Waals surface area contributed by atoms with Crippen molar-refractivity contribution in [2.24, 2.45) is 0 Å². The molecule has 0 aromatic heterocycles. The molecule has 0 aliphatic rings. The van der Waals surface area contributed by atoms with E-state index in [0.29, 0.717) is 5.56 Å². The van der Waals surface area contributed by atoms with Crippen LogP contribution in [-0.2, 0) is 15.4 Å². The predicted octanol–water partition coefficient (Wildman–Crippen LogP) is 4.16. The van der Waals surface area contributed by atoms with Crippen LogP contribution in [0.1, 0.15) is 44.9 Å². The highest BCUT2D eigenvalue weighted by molar-refractivity contribution is 7.89. The Morgan fingerprint density at radius 1 is 0.957 bits per heavy atom. The number of halogens is 1. The van der Waals surface area contributed by atoms with E-state index in [1.807, 2.05) is 12.1 Å². The second-order valence-electron chi connectivity index (χ2n) is 6.67. The van der Waals surface area contributed by atoms with Gasteiger partial charge in [-0.1, -0.05) is 45.0 Å². The standard InChI is InChI=1S/C18H22FNO2S/c1-13(14-5-9-16(19)10-6-14)20-23(21,22)17-11-7-15(8-12-17)18(2,3)4/h5-13,20H,1-4H3/t13-/m1/s1. The van der Waals surface area contributed by atoms with Crippen molar-refractivity contribution in [1.82, 2.24) is 4.72 Å². The van der Waals surface area contributed by atoms with Crippen LogP contribution in [0.5, 0.6) is 0 Å². The van der Waals surface area contributed by atoms with Gasteiger partial charge in [0.2, 0.25) is 10.0 Å². The molecule has 0 bridgehead atoms. The SMILES string of the molecule is C[C@@H](NS(=O)(=O)c1ccc(C(C)(C)C)cc1)c1ccc(F)cc1. The van der Waals surface area contributed by atoms with Crippen LogP contribution in [0, 0.1) is 5.82 Å². The van der Waals surface area contributed by atoms with Crippen LogP contribution in [0.15, 0.2) is 53.4 Å². The molecule has 2 aromatic carbocycles. The summed E-state index contributed by atoms with van der Waals surface area (Å²) >= 11 is 0. The summed E-state index contributed by atoms with van der Waals surface area (Å²) in [7, 11) is -3.62. The lowest BCUT2D eigenvalue weighted by atomic mass is 9.87. The van der Waals surface area contributed by atoms with Gasteiger partial charge in [-0.05, 0) is 47.7 Å².